The molecule has 0 saturated carbocycles. The van der Waals surface area contributed by atoms with E-state index >= 15 is 0 Å². The molecule has 0 aromatic rings. The monoisotopic (exact) mass is 384 g/mol. The first-order valence-electron chi connectivity index (χ1n) is 10.6. The van der Waals surface area contributed by atoms with E-state index in [0.29, 0.717) is 11.8 Å². The lowest BCUT2D eigenvalue weighted by Gasteiger charge is -2.41. The fourth-order valence-corrected chi connectivity index (χ4v) is 4.51. The molecule has 0 radical (unpaired) electrons. The molecule has 1 fully saturated rings. The normalized spacial score (nSPS) is 26.6. The van der Waals surface area contributed by atoms with E-state index in [1.54, 1.807) is 0 Å². The van der Waals surface area contributed by atoms with Gasteiger partial charge in [-0.25, -0.2) is 0 Å². The van der Waals surface area contributed by atoms with E-state index in [4.69, 9.17) is 9.16 Å². The van der Waals surface area contributed by atoms with Crippen molar-refractivity contribution in [1.82, 2.24) is 0 Å². The van der Waals surface area contributed by atoms with Gasteiger partial charge in [0.1, 0.15) is 0 Å². The molecular weight excluding hydrogens is 340 g/mol. The maximum absolute atomic E-state index is 9.30. The minimum Gasteiger partial charge on any atom is -0.410 e. The van der Waals surface area contributed by atoms with Crippen molar-refractivity contribution in [2.75, 3.05) is 6.61 Å². The van der Waals surface area contributed by atoms with E-state index in [-0.39, 0.29) is 30.0 Å². The molecule has 0 aromatic carbocycles. The highest BCUT2D eigenvalue weighted by molar-refractivity contribution is 6.74. The van der Waals surface area contributed by atoms with Gasteiger partial charge in [-0.2, -0.15) is 0 Å². The smallest absolute Gasteiger partial charge is 0.192 e. The third kappa shape index (κ3) is 7.83. The first kappa shape index (κ1) is 23.9. The molecule has 1 heterocycles. The van der Waals surface area contributed by atoms with Crippen molar-refractivity contribution in [3.8, 4) is 0 Å². The fraction of sp³-hybridized carbons (Fsp3) is 0.909. The summed E-state index contributed by atoms with van der Waals surface area (Å²) in [5.74, 6) is 1.20. The maximum atomic E-state index is 9.30. The molecule has 0 spiro atoms. The second-order valence-electron chi connectivity index (χ2n) is 10.1. The zero-order chi connectivity index (χ0) is 20.0. The fourth-order valence-electron chi connectivity index (χ4n) is 3.22. The zero-order valence-electron chi connectivity index (χ0n) is 18.5. The second kappa shape index (κ2) is 10.4. The molecule has 1 aliphatic rings. The van der Waals surface area contributed by atoms with Crippen LogP contribution in [0.2, 0.25) is 18.1 Å². The van der Waals surface area contributed by atoms with Crippen molar-refractivity contribution >= 4 is 8.32 Å². The van der Waals surface area contributed by atoms with Crippen LogP contribution in [0.25, 0.3) is 0 Å². The molecule has 0 aromatic heterocycles. The molecule has 4 atom stereocenters. The summed E-state index contributed by atoms with van der Waals surface area (Å²) >= 11 is 0. The third-order valence-corrected chi connectivity index (χ3v) is 10.6. The summed E-state index contributed by atoms with van der Waals surface area (Å²) in [6.45, 7) is 18.5. The molecule has 3 nitrogen and oxygen atoms in total. The van der Waals surface area contributed by atoms with Crippen LogP contribution >= 0.6 is 0 Å². The number of aliphatic hydroxyl groups excluding tert-OH is 1. The average Bonchev–Trinajstić information content (AvgIpc) is 2.49. The first-order valence-corrected chi connectivity index (χ1v) is 13.5. The maximum Gasteiger partial charge on any atom is 0.192 e. The molecule has 1 N–H and O–H groups in total. The van der Waals surface area contributed by atoms with Gasteiger partial charge in [0.25, 0.3) is 0 Å². The molecule has 1 aliphatic heterocycles. The van der Waals surface area contributed by atoms with Gasteiger partial charge >= 0.3 is 0 Å². The van der Waals surface area contributed by atoms with Gasteiger partial charge in [0.05, 0.1) is 18.3 Å². The van der Waals surface area contributed by atoms with Crippen LogP contribution in [0.1, 0.15) is 73.6 Å². The van der Waals surface area contributed by atoms with Crippen LogP contribution in [0.3, 0.4) is 0 Å². The SMILES string of the molecule is CC(C)C/C=C\[C@@H](C[C@@H]1CC[C@H](C)[C@@H](CCO)O1)O[Si](C)(C)C(C)(C)C. The average molecular weight is 385 g/mol. The standard InChI is InChI=1S/C22H44O3Si/c1-17(2)10-9-11-20(25-26(7,8)22(4,5)6)16-19-13-12-18(3)21(24-19)14-15-23/h9,11,17-21,23H,10,12-16H2,1-8H3/b11-9-/t18-,19-,20-,21+/m0/s1. The summed E-state index contributed by atoms with van der Waals surface area (Å²) < 4.78 is 13.1. The predicted molar refractivity (Wildman–Crippen MR) is 114 cm³/mol. The summed E-state index contributed by atoms with van der Waals surface area (Å²) in [6.07, 6.45) is 10.2. The highest BCUT2D eigenvalue weighted by Gasteiger charge is 2.39. The zero-order valence-corrected chi connectivity index (χ0v) is 19.5. The summed E-state index contributed by atoms with van der Waals surface area (Å²) in [4.78, 5) is 0. The van der Waals surface area contributed by atoms with Gasteiger partial charge in [-0.15, -0.1) is 0 Å². The quantitative estimate of drug-likeness (QED) is 0.395. The van der Waals surface area contributed by atoms with Crippen LogP contribution in [0, 0.1) is 11.8 Å². The Hall–Kier alpha value is -0.163. The van der Waals surface area contributed by atoms with Crippen molar-refractivity contribution in [2.45, 2.75) is 110 Å². The van der Waals surface area contributed by atoms with E-state index in [9.17, 15) is 5.11 Å². The lowest BCUT2D eigenvalue weighted by Crippen LogP contribution is -2.45. The Morgan fingerprint density at radius 1 is 1.23 bits per heavy atom. The van der Waals surface area contributed by atoms with E-state index in [0.717, 1.165) is 25.7 Å². The van der Waals surface area contributed by atoms with Gasteiger partial charge in [-0.05, 0) is 55.7 Å². The third-order valence-electron chi connectivity index (χ3n) is 6.07. The van der Waals surface area contributed by atoms with Gasteiger partial charge in [0, 0.05) is 13.0 Å². The number of ether oxygens (including phenoxy) is 1. The molecule has 1 saturated heterocycles. The second-order valence-corrected chi connectivity index (χ2v) is 14.8. The number of hydrogen-bond acceptors (Lipinski definition) is 3. The number of rotatable bonds is 9. The minimum absolute atomic E-state index is 0.128. The summed E-state index contributed by atoms with van der Waals surface area (Å²) in [5.41, 5.74) is 0. The van der Waals surface area contributed by atoms with Crippen LogP contribution in [0.15, 0.2) is 12.2 Å². The van der Waals surface area contributed by atoms with Crippen LogP contribution in [0.5, 0.6) is 0 Å². The lowest BCUT2D eigenvalue weighted by molar-refractivity contribution is -0.0964. The number of allylic oxidation sites excluding steroid dienone is 1. The highest BCUT2D eigenvalue weighted by Crippen LogP contribution is 2.38. The molecular formula is C22H44O3Si. The van der Waals surface area contributed by atoms with E-state index in [2.05, 4.69) is 66.8 Å². The predicted octanol–water partition coefficient (Wildman–Crippen LogP) is 5.94. The highest BCUT2D eigenvalue weighted by atomic mass is 28.4. The Kier molecular flexibility index (Phi) is 9.55. The molecule has 0 aliphatic carbocycles. The van der Waals surface area contributed by atoms with Crippen molar-refractivity contribution in [2.24, 2.45) is 11.8 Å². The van der Waals surface area contributed by atoms with Crippen molar-refractivity contribution in [3.05, 3.63) is 12.2 Å². The Labute approximate surface area is 163 Å². The Morgan fingerprint density at radius 2 is 1.88 bits per heavy atom. The Bertz CT molecular complexity index is 426. The van der Waals surface area contributed by atoms with Crippen LogP contribution in [-0.2, 0) is 9.16 Å². The molecule has 4 heteroatoms. The Morgan fingerprint density at radius 3 is 2.42 bits per heavy atom. The van der Waals surface area contributed by atoms with Gasteiger partial charge in [0.15, 0.2) is 8.32 Å². The summed E-state index contributed by atoms with van der Waals surface area (Å²) in [5, 5.41) is 9.51. The van der Waals surface area contributed by atoms with Gasteiger partial charge in [0.2, 0.25) is 0 Å². The van der Waals surface area contributed by atoms with E-state index in [1.807, 2.05) is 0 Å². The Balaban J connectivity index is 2.80. The number of aliphatic hydroxyl groups is 1. The molecule has 0 amide bonds. The first-order chi connectivity index (χ1) is 12.0. The van der Waals surface area contributed by atoms with Crippen molar-refractivity contribution < 1.29 is 14.3 Å². The van der Waals surface area contributed by atoms with Gasteiger partial charge < -0.3 is 14.3 Å². The van der Waals surface area contributed by atoms with E-state index in [1.165, 1.54) is 6.42 Å². The van der Waals surface area contributed by atoms with Gasteiger partial charge in [-0.3, -0.25) is 0 Å². The molecule has 0 bridgehead atoms. The lowest BCUT2D eigenvalue weighted by atomic mass is 9.90. The molecule has 26 heavy (non-hydrogen) atoms. The van der Waals surface area contributed by atoms with Crippen LogP contribution < -0.4 is 0 Å². The largest absolute Gasteiger partial charge is 0.410 e. The molecule has 154 valence electrons. The van der Waals surface area contributed by atoms with Crippen molar-refractivity contribution in [1.29, 1.82) is 0 Å². The van der Waals surface area contributed by atoms with E-state index < -0.39 is 8.32 Å². The topological polar surface area (TPSA) is 38.7 Å². The summed E-state index contributed by atoms with van der Waals surface area (Å²) in [6, 6.07) is 0. The minimum atomic E-state index is -1.82. The number of hydrogen-bond donors (Lipinski definition) is 1. The molecule has 1 rings (SSSR count). The van der Waals surface area contributed by atoms with Crippen molar-refractivity contribution in [3.63, 3.8) is 0 Å². The summed E-state index contributed by atoms with van der Waals surface area (Å²) in [7, 11) is -1.82. The van der Waals surface area contributed by atoms with Crippen LogP contribution in [0.4, 0.5) is 0 Å². The van der Waals surface area contributed by atoms with Crippen LogP contribution in [-0.4, -0.2) is 38.3 Å². The van der Waals surface area contributed by atoms with Gasteiger partial charge in [-0.1, -0.05) is 53.7 Å². The molecule has 0 unspecified atom stereocenters.